The van der Waals surface area contributed by atoms with Crippen molar-refractivity contribution in [1.29, 1.82) is 0 Å². The highest BCUT2D eigenvalue weighted by molar-refractivity contribution is 7.10. The maximum absolute atomic E-state index is 11.7. The Morgan fingerprint density at radius 2 is 2.50 bits per heavy atom. The number of hydrazone groups is 1. The molecule has 1 N–H and O–H groups in total. The average Bonchev–Trinajstić information content (AvgIpc) is 3.00. The number of furan rings is 1. The molecule has 0 aromatic carbocycles. The van der Waals surface area contributed by atoms with Crippen LogP contribution in [0.25, 0.3) is 0 Å². The third-order valence-corrected chi connectivity index (χ3v) is 3.31. The second-order valence-electron chi connectivity index (χ2n) is 3.77. The van der Waals surface area contributed by atoms with Crippen molar-refractivity contribution in [3.05, 3.63) is 46.0 Å². The summed E-state index contributed by atoms with van der Waals surface area (Å²) in [6, 6.07) is 5.44. The van der Waals surface area contributed by atoms with Crippen LogP contribution in [0.5, 0.6) is 0 Å². The Labute approximate surface area is 109 Å². The second-order valence-corrected chi connectivity index (χ2v) is 4.76. The van der Waals surface area contributed by atoms with E-state index in [1.807, 2.05) is 11.4 Å². The van der Waals surface area contributed by atoms with Crippen molar-refractivity contribution in [2.45, 2.75) is 19.8 Å². The number of aryl methyl sites for hydroxylation is 1. The van der Waals surface area contributed by atoms with Crippen LogP contribution in [0.3, 0.4) is 0 Å². The zero-order chi connectivity index (χ0) is 12.8. The largest absolute Gasteiger partial charge is 0.463 e. The third kappa shape index (κ3) is 3.30. The summed E-state index contributed by atoms with van der Waals surface area (Å²) < 4.78 is 5.06. The van der Waals surface area contributed by atoms with E-state index in [0.29, 0.717) is 11.3 Å². The second kappa shape index (κ2) is 6.16. The van der Waals surface area contributed by atoms with Gasteiger partial charge in [-0.2, -0.15) is 5.10 Å². The van der Waals surface area contributed by atoms with Gasteiger partial charge in [0.05, 0.1) is 18.0 Å². The van der Waals surface area contributed by atoms with E-state index in [2.05, 4.69) is 17.5 Å². The summed E-state index contributed by atoms with van der Waals surface area (Å²) in [4.78, 5) is 13.0. The minimum absolute atomic E-state index is 0.198. The fraction of sp³-hybridized carbons (Fsp3) is 0.231. The molecule has 0 bridgehead atoms. The SMILES string of the molecule is CCCc1cc(C(=O)N/N=C/c2ccco2)cs1. The van der Waals surface area contributed by atoms with Gasteiger partial charge in [-0.15, -0.1) is 11.3 Å². The summed E-state index contributed by atoms with van der Waals surface area (Å²) >= 11 is 1.60. The Kier molecular flexibility index (Phi) is 4.30. The molecule has 0 radical (unpaired) electrons. The fourth-order valence-electron chi connectivity index (χ4n) is 1.46. The zero-order valence-corrected chi connectivity index (χ0v) is 10.9. The van der Waals surface area contributed by atoms with Crippen molar-refractivity contribution in [2.75, 3.05) is 0 Å². The summed E-state index contributed by atoms with van der Waals surface area (Å²) in [5, 5.41) is 5.68. The van der Waals surface area contributed by atoms with E-state index in [1.54, 1.807) is 29.7 Å². The summed E-state index contributed by atoms with van der Waals surface area (Å²) in [6.45, 7) is 2.12. The van der Waals surface area contributed by atoms with Crippen LogP contribution in [0.2, 0.25) is 0 Å². The van der Waals surface area contributed by atoms with Gasteiger partial charge >= 0.3 is 0 Å². The predicted molar refractivity (Wildman–Crippen MR) is 72.1 cm³/mol. The normalized spacial score (nSPS) is 10.9. The lowest BCUT2D eigenvalue weighted by Crippen LogP contribution is -2.16. The van der Waals surface area contributed by atoms with E-state index in [4.69, 9.17) is 4.42 Å². The number of thiophene rings is 1. The standard InChI is InChI=1S/C13H14N2O2S/c1-2-4-12-7-10(9-18-12)13(16)15-14-8-11-5-3-6-17-11/h3,5-9H,2,4H2,1H3,(H,15,16)/b14-8+. The monoisotopic (exact) mass is 262 g/mol. The molecule has 18 heavy (non-hydrogen) atoms. The van der Waals surface area contributed by atoms with E-state index in [1.165, 1.54) is 11.1 Å². The van der Waals surface area contributed by atoms with E-state index in [9.17, 15) is 4.79 Å². The van der Waals surface area contributed by atoms with Crippen LogP contribution in [0.4, 0.5) is 0 Å². The van der Waals surface area contributed by atoms with Gasteiger partial charge in [0, 0.05) is 10.3 Å². The van der Waals surface area contributed by atoms with Crippen LogP contribution in [0, 0.1) is 0 Å². The molecule has 1 amide bonds. The molecule has 5 heteroatoms. The molecule has 0 aliphatic heterocycles. The first-order chi connectivity index (χ1) is 8.79. The average molecular weight is 262 g/mol. The molecule has 0 saturated carbocycles. The summed E-state index contributed by atoms with van der Waals surface area (Å²) in [7, 11) is 0. The lowest BCUT2D eigenvalue weighted by atomic mass is 10.2. The van der Waals surface area contributed by atoms with E-state index in [0.717, 1.165) is 12.8 Å². The van der Waals surface area contributed by atoms with Crippen molar-refractivity contribution in [3.63, 3.8) is 0 Å². The highest BCUT2D eigenvalue weighted by Crippen LogP contribution is 2.16. The minimum Gasteiger partial charge on any atom is -0.463 e. The van der Waals surface area contributed by atoms with Gasteiger partial charge in [-0.1, -0.05) is 13.3 Å². The first kappa shape index (κ1) is 12.6. The zero-order valence-electron chi connectivity index (χ0n) is 10.1. The Bertz CT molecular complexity index is 529. The van der Waals surface area contributed by atoms with Crippen molar-refractivity contribution in [2.24, 2.45) is 5.10 Å². The molecular formula is C13H14N2O2S. The van der Waals surface area contributed by atoms with Gasteiger partial charge in [0.25, 0.3) is 5.91 Å². The molecule has 0 atom stereocenters. The Morgan fingerprint density at radius 3 is 3.22 bits per heavy atom. The van der Waals surface area contributed by atoms with Gasteiger partial charge in [0.2, 0.25) is 0 Å². The van der Waals surface area contributed by atoms with Crippen LogP contribution in [0.1, 0.15) is 34.3 Å². The van der Waals surface area contributed by atoms with Gasteiger partial charge in [0.15, 0.2) is 0 Å². The highest BCUT2D eigenvalue weighted by Gasteiger charge is 2.07. The lowest BCUT2D eigenvalue weighted by molar-refractivity contribution is 0.0955. The van der Waals surface area contributed by atoms with Crippen LogP contribution >= 0.6 is 11.3 Å². The fourth-order valence-corrected chi connectivity index (χ4v) is 2.43. The molecule has 2 rings (SSSR count). The van der Waals surface area contributed by atoms with Crippen LogP contribution in [0.15, 0.2) is 39.4 Å². The van der Waals surface area contributed by atoms with Crippen molar-refractivity contribution in [3.8, 4) is 0 Å². The number of hydrogen-bond donors (Lipinski definition) is 1. The Hall–Kier alpha value is -1.88. The first-order valence-corrected chi connectivity index (χ1v) is 6.62. The van der Waals surface area contributed by atoms with Crippen LogP contribution in [-0.2, 0) is 6.42 Å². The van der Waals surface area contributed by atoms with Gasteiger partial charge in [-0.25, -0.2) is 5.43 Å². The van der Waals surface area contributed by atoms with Crippen molar-refractivity contribution < 1.29 is 9.21 Å². The molecule has 0 fully saturated rings. The molecule has 2 aromatic rings. The topological polar surface area (TPSA) is 54.6 Å². The number of hydrogen-bond acceptors (Lipinski definition) is 4. The van der Waals surface area contributed by atoms with E-state index >= 15 is 0 Å². The molecule has 0 unspecified atom stereocenters. The van der Waals surface area contributed by atoms with Gasteiger partial charge in [-0.3, -0.25) is 4.79 Å². The molecule has 2 heterocycles. The van der Waals surface area contributed by atoms with Crippen LogP contribution < -0.4 is 5.43 Å². The molecule has 0 aliphatic carbocycles. The Balaban J connectivity index is 1.91. The number of carbonyl (C=O) groups excluding carboxylic acids is 1. The molecular weight excluding hydrogens is 248 g/mol. The van der Waals surface area contributed by atoms with E-state index < -0.39 is 0 Å². The van der Waals surface area contributed by atoms with E-state index in [-0.39, 0.29) is 5.91 Å². The van der Waals surface area contributed by atoms with Gasteiger partial charge in [0.1, 0.15) is 5.76 Å². The number of nitrogens with zero attached hydrogens (tertiary/aromatic N) is 1. The summed E-state index contributed by atoms with van der Waals surface area (Å²) in [5.41, 5.74) is 3.12. The van der Waals surface area contributed by atoms with Crippen molar-refractivity contribution in [1.82, 2.24) is 5.43 Å². The third-order valence-electron chi connectivity index (χ3n) is 2.31. The molecule has 0 saturated heterocycles. The number of amides is 1. The van der Waals surface area contributed by atoms with Crippen LogP contribution in [-0.4, -0.2) is 12.1 Å². The minimum atomic E-state index is -0.198. The van der Waals surface area contributed by atoms with Gasteiger partial charge < -0.3 is 4.42 Å². The van der Waals surface area contributed by atoms with Crippen molar-refractivity contribution >= 4 is 23.5 Å². The maximum Gasteiger partial charge on any atom is 0.272 e. The van der Waals surface area contributed by atoms with Gasteiger partial charge in [-0.05, 0) is 24.6 Å². The smallest absolute Gasteiger partial charge is 0.272 e. The maximum atomic E-state index is 11.7. The lowest BCUT2D eigenvalue weighted by Gasteiger charge is -1.94. The summed E-state index contributed by atoms with van der Waals surface area (Å²) in [5.74, 6) is 0.406. The number of carbonyl (C=O) groups is 1. The quantitative estimate of drug-likeness (QED) is 0.665. The molecule has 94 valence electrons. The molecule has 2 aromatic heterocycles. The molecule has 0 aliphatic rings. The highest BCUT2D eigenvalue weighted by atomic mass is 32.1. The number of nitrogens with one attached hydrogen (secondary N) is 1. The Morgan fingerprint density at radius 1 is 1.61 bits per heavy atom. The molecule has 0 spiro atoms. The predicted octanol–water partition coefficient (Wildman–Crippen LogP) is 3.06. The number of rotatable bonds is 5. The molecule has 4 nitrogen and oxygen atoms in total. The first-order valence-electron chi connectivity index (χ1n) is 5.74. The summed E-state index contributed by atoms with van der Waals surface area (Å²) in [6.07, 6.45) is 5.11.